The van der Waals surface area contributed by atoms with Gasteiger partial charge in [0.2, 0.25) is 0 Å². The third-order valence-electron chi connectivity index (χ3n) is 3.23. The molecular weight excluding hydrogens is 160 g/mol. The molecule has 1 aliphatic heterocycles. The molecule has 1 saturated heterocycles. The molecule has 0 aromatic carbocycles. The van der Waals surface area contributed by atoms with E-state index in [2.05, 4.69) is 37.6 Å². The maximum Gasteiger partial charge on any atom is 0.0195 e. The minimum Gasteiger partial charge on any atom is -0.301 e. The van der Waals surface area contributed by atoms with Crippen molar-refractivity contribution in [1.82, 2.24) is 9.80 Å². The van der Waals surface area contributed by atoms with Crippen LogP contribution in [0.2, 0.25) is 0 Å². The summed E-state index contributed by atoms with van der Waals surface area (Å²) in [5.74, 6) is 0. The molecule has 13 heavy (non-hydrogen) atoms. The van der Waals surface area contributed by atoms with Crippen molar-refractivity contribution < 1.29 is 0 Å². The molecule has 1 rings (SSSR count). The lowest BCUT2D eigenvalue weighted by Gasteiger charge is -2.42. The smallest absolute Gasteiger partial charge is 0.0195 e. The highest BCUT2D eigenvalue weighted by Crippen LogP contribution is 2.13. The lowest BCUT2D eigenvalue weighted by molar-refractivity contribution is 0.0592. The molecular formula is C11H24N2. The van der Waals surface area contributed by atoms with E-state index in [0.29, 0.717) is 0 Å². The van der Waals surface area contributed by atoms with E-state index < -0.39 is 0 Å². The molecule has 78 valence electrons. The number of hydrogen-bond donors (Lipinski definition) is 0. The Morgan fingerprint density at radius 2 is 1.85 bits per heavy atom. The summed E-state index contributed by atoms with van der Waals surface area (Å²) in [6.07, 6.45) is 2.66. The quantitative estimate of drug-likeness (QED) is 0.660. The van der Waals surface area contributed by atoms with Gasteiger partial charge in [-0.2, -0.15) is 0 Å². The average molecular weight is 184 g/mol. The molecule has 2 atom stereocenters. The van der Waals surface area contributed by atoms with Gasteiger partial charge in [-0.1, -0.05) is 13.3 Å². The van der Waals surface area contributed by atoms with Gasteiger partial charge in [0.15, 0.2) is 0 Å². The molecule has 0 unspecified atom stereocenters. The largest absolute Gasteiger partial charge is 0.301 e. The molecule has 0 aromatic rings. The van der Waals surface area contributed by atoms with Crippen LogP contribution < -0.4 is 0 Å². The third kappa shape index (κ3) is 2.96. The van der Waals surface area contributed by atoms with E-state index in [1.54, 1.807) is 0 Å². The van der Waals surface area contributed by atoms with Crippen LogP contribution in [-0.2, 0) is 0 Å². The standard InChI is InChI=1S/C11H24N2/c1-5-6-7-13-9-10(2)12(4)8-11(13)3/h10-11H,5-9H2,1-4H3/t10-,11-/m0/s1. The van der Waals surface area contributed by atoms with Gasteiger partial charge in [0.25, 0.3) is 0 Å². The normalized spacial score (nSPS) is 32.3. The van der Waals surface area contributed by atoms with Gasteiger partial charge >= 0.3 is 0 Å². The summed E-state index contributed by atoms with van der Waals surface area (Å²) in [6, 6.07) is 1.47. The monoisotopic (exact) mass is 184 g/mol. The molecule has 0 bridgehead atoms. The summed E-state index contributed by atoms with van der Waals surface area (Å²) in [6.45, 7) is 10.7. The van der Waals surface area contributed by atoms with Crippen molar-refractivity contribution in [2.45, 2.75) is 45.7 Å². The van der Waals surface area contributed by atoms with Gasteiger partial charge in [-0.3, -0.25) is 4.90 Å². The van der Waals surface area contributed by atoms with E-state index in [9.17, 15) is 0 Å². The number of hydrogen-bond acceptors (Lipinski definition) is 2. The van der Waals surface area contributed by atoms with Gasteiger partial charge in [-0.15, -0.1) is 0 Å². The van der Waals surface area contributed by atoms with Crippen LogP contribution in [0.3, 0.4) is 0 Å². The van der Waals surface area contributed by atoms with Crippen LogP contribution >= 0.6 is 0 Å². The van der Waals surface area contributed by atoms with Crippen LogP contribution in [0.15, 0.2) is 0 Å². The highest BCUT2D eigenvalue weighted by molar-refractivity contribution is 4.82. The van der Waals surface area contributed by atoms with Crippen molar-refractivity contribution in [3.05, 3.63) is 0 Å². The first-order valence-electron chi connectivity index (χ1n) is 5.59. The Bertz CT molecular complexity index is 147. The minimum absolute atomic E-state index is 0.730. The van der Waals surface area contributed by atoms with Gasteiger partial charge in [0.1, 0.15) is 0 Å². The van der Waals surface area contributed by atoms with Crippen LogP contribution in [0.4, 0.5) is 0 Å². The molecule has 0 aromatic heterocycles. The van der Waals surface area contributed by atoms with Crippen LogP contribution in [-0.4, -0.2) is 48.6 Å². The molecule has 1 fully saturated rings. The van der Waals surface area contributed by atoms with E-state index in [-0.39, 0.29) is 0 Å². The van der Waals surface area contributed by atoms with E-state index >= 15 is 0 Å². The molecule has 0 aliphatic carbocycles. The second kappa shape index (κ2) is 4.97. The predicted octanol–water partition coefficient (Wildman–Crippen LogP) is 1.81. The highest BCUT2D eigenvalue weighted by Gasteiger charge is 2.25. The predicted molar refractivity (Wildman–Crippen MR) is 58.0 cm³/mol. The molecule has 0 radical (unpaired) electrons. The summed E-state index contributed by atoms with van der Waals surface area (Å²) in [4.78, 5) is 5.10. The van der Waals surface area contributed by atoms with Gasteiger partial charge in [0, 0.05) is 25.2 Å². The second-order valence-corrected chi connectivity index (χ2v) is 4.49. The molecule has 2 heteroatoms. The Morgan fingerprint density at radius 3 is 2.46 bits per heavy atom. The minimum atomic E-state index is 0.730. The van der Waals surface area contributed by atoms with Gasteiger partial charge in [-0.05, 0) is 33.9 Å². The number of rotatable bonds is 3. The number of piperazine rings is 1. The molecule has 0 N–H and O–H groups in total. The van der Waals surface area contributed by atoms with Crippen molar-refractivity contribution in [3.63, 3.8) is 0 Å². The number of nitrogens with zero attached hydrogens (tertiary/aromatic N) is 2. The van der Waals surface area contributed by atoms with Crippen LogP contribution in [0.5, 0.6) is 0 Å². The van der Waals surface area contributed by atoms with Crippen molar-refractivity contribution >= 4 is 0 Å². The van der Waals surface area contributed by atoms with Crippen molar-refractivity contribution in [1.29, 1.82) is 0 Å². The zero-order valence-corrected chi connectivity index (χ0v) is 9.58. The van der Waals surface area contributed by atoms with Crippen molar-refractivity contribution in [2.75, 3.05) is 26.7 Å². The third-order valence-corrected chi connectivity index (χ3v) is 3.23. The van der Waals surface area contributed by atoms with E-state index in [4.69, 9.17) is 0 Å². The lowest BCUT2D eigenvalue weighted by atomic mass is 10.1. The maximum absolute atomic E-state index is 2.63. The molecule has 0 saturated carbocycles. The fourth-order valence-electron chi connectivity index (χ4n) is 2.04. The first kappa shape index (κ1) is 11.0. The Hall–Kier alpha value is -0.0800. The molecule has 0 amide bonds. The average Bonchev–Trinajstić information content (AvgIpc) is 2.09. The zero-order chi connectivity index (χ0) is 9.84. The van der Waals surface area contributed by atoms with Crippen LogP contribution in [0.25, 0.3) is 0 Å². The summed E-state index contributed by atoms with van der Waals surface area (Å²) >= 11 is 0. The second-order valence-electron chi connectivity index (χ2n) is 4.49. The summed E-state index contributed by atoms with van der Waals surface area (Å²) in [7, 11) is 2.23. The van der Waals surface area contributed by atoms with E-state index in [1.807, 2.05) is 0 Å². The highest BCUT2D eigenvalue weighted by atomic mass is 15.3. The molecule has 1 aliphatic rings. The first-order valence-corrected chi connectivity index (χ1v) is 5.59. The summed E-state index contributed by atoms with van der Waals surface area (Å²) < 4.78 is 0. The van der Waals surface area contributed by atoms with Gasteiger partial charge < -0.3 is 4.90 Å². The Balaban J connectivity index is 2.37. The van der Waals surface area contributed by atoms with Gasteiger partial charge in [0.05, 0.1) is 0 Å². The molecule has 0 spiro atoms. The fourth-order valence-corrected chi connectivity index (χ4v) is 2.04. The molecule has 1 heterocycles. The zero-order valence-electron chi connectivity index (χ0n) is 9.58. The van der Waals surface area contributed by atoms with Crippen molar-refractivity contribution in [2.24, 2.45) is 0 Å². The Labute approximate surface area is 82.9 Å². The van der Waals surface area contributed by atoms with Crippen LogP contribution in [0.1, 0.15) is 33.6 Å². The summed E-state index contributed by atoms with van der Waals surface area (Å²) in [5.41, 5.74) is 0. The molecule has 2 nitrogen and oxygen atoms in total. The van der Waals surface area contributed by atoms with E-state index in [1.165, 1.54) is 32.5 Å². The number of likely N-dealkylation sites (N-methyl/N-ethyl adjacent to an activating group) is 1. The maximum atomic E-state index is 2.63. The Morgan fingerprint density at radius 1 is 1.15 bits per heavy atom. The van der Waals surface area contributed by atoms with E-state index in [0.717, 1.165) is 12.1 Å². The first-order chi connectivity index (χ1) is 6.15. The number of unbranched alkanes of at least 4 members (excludes halogenated alkanes) is 1. The van der Waals surface area contributed by atoms with Crippen molar-refractivity contribution in [3.8, 4) is 0 Å². The van der Waals surface area contributed by atoms with Crippen LogP contribution in [0, 0.1) is 0 Å². The fraction of sp³-hybridized carbons (Fsp3) is 1.00. The summed E-state index contributed by atoms with van der Waals surface area (Å²) in [5, 5.41) is 0. The Kier molecular flexibility index (Phi) is 4.20. The lowest BCUT2D eigenvalue weighted by Crippen LogP contribution is -2.54. The SMILES string of the molecule is CCCCN1C[C@H](C)N(C)C[C@@H]1C. The topological polar surface area (TPSA) is 6.48 Å². The van der Waals surface area contributed by atoms with Gasteiger partial charge in [-0.25, -0.2) is 0 Å².